The highest BCUT2D eigenvalue weighted by atomic mass is 32.2. The summed E-state index contributed by atoms with van der Waals surface area (Å²) in [4.78, 5) is 16.0. The second-order valence-corrected chi connectivity index (χ2v) is 8.86. The number of thioether (sulfide) groups is 1. The lowest BCUT2D eigenvalue weighted by molar-refractivity contribution is -0.120. The van der Waals surface area contributed by atoms with Crippen LogP contribution in [0, 0.1) is 6.92 Å². The summed E-state index contributed by atoms with van der Waals surface area (Å²) in [7, 11) is 0. The van der Waals surface area contributed by atoms with Crippen LogP contribution in [-0.2, 0) is 17.9 Å². The van der Waals surface area contributed by atoms with Crippen molar-refractivity contribution in [3.63, 3.8) is 0 Å². The number of carbonyl (C=O) groups is 1. The van der Waals surface area contributed by atoms with Crippen LogP contribution in [0.4, 0.5) is 0 Å². The van der Waals surface area contributed by atoms with Crippen molar-refractivity contribution in [3.05, 3.63) is 65.2 Å². The van der Waals surface area contributed by atoms with Crippen molar-refractivity contribution in [2.24, 2.45) is 0 Å². The Balaban J connectivity index is 1.44. The predicted molar refractivity (Wildman–Crippen MR) is 114 cm³/mol. The molecule has 1 heterocycles. The summed E-state index contributed by atoms with van der Waals surface area (Å²) >= 11 is 1.60. The molecule has 1 fully saturated rings. The molecule has 2 aromatic carbocycles. The first-order valence-corrected chi connectivity index (χ1v) is 10.8. The molecule has 1 aliphatic heterocycles. The first kappa shape index (κ1) is 20.0. The predicted octanol–water partition coefficient (Wildman–Crippen LogP) is 4.78. The number of nitrogens with one attached hydrogen (secondary N) is 1. The fraction of sp³-hybridized carbons (Fsp3) is 0.435. The molecule has 0 saturated carbocycles. The minimum absolute atomic E-state index is 0.0815. The summed E-state index contributed by atoms with van der Waals surface area (Å²) in [5.74, 6) is 0.0815. The Morgan fingerprint density at radius 3 is 2.30 bits per heavy atom. The lowest BCUT2D eigenvalue weighted by Gasteiger charge is -2.26. The molecule has 3 rings (SSSR count). The molecule has 0 radical (unpaired) electrons. The molecule has 2 aromatic rings. The Hall–Kier alpha value is -1.78. The molecule has 0 bridgehead atoms. The lowest BCUT2D eigenvalue weighted by atomic mass is 10.1. The van der Waals surface area contributed by atoms with Crippen molar-refractivity contribution < 1.29 is 4.79 Å². The number of likely N-dealkylation sites (tertiary alicyclic amines) is 1. The summed E-state index contributed by atoms with van der Waals surface area (Å²) in [5, 5.41) is 2.96. The first-order valence-electron chi connectivity index (χ1n) is 9.91. The molecular weight excluding hydrogens is 352 g/mol. The van der Waals surface area contributed by atoms with Crippen LogP contribution in [0.3, 0.4) is 0 Å². The van der Waals surface area contributed by atoms with Gasteiger partial charge in [0.25, 0.3) is 0 Å². The van der Waals surface area contributed by atoms with E-state index in [4.69, 9.17) is 0 Å². The molecule has 3 nitrogen and oxygen atoms in total. The number of benzene rings is 2. The molecule has 4 heteroatoms. The fourth-order valence-electron chi connectivity index (χ4n) is 3.35. The standard InChI is InChI=1S/C23H30N2OS/c1-18-6-12-22(13-7-18)27-19(2)23(26)24-16-20-8-10-21(11-9-20)17-25-14-4-3-5-15-25/h6-13,19H,3-5,14-17H2,1-2H3,(H,24,26)/t19-/m1/s1. The molecule has 0 spiro atoms. The normalized spacial score (nSPS) is 16.1. The number of carbonyl (C=O) groups excluding carboxylic acids is 1. The second-order valence-electron chi connectivity index (χ2n) is 7.44. The van der Waals surface area contributed by atoms with Gasteiger partial charge in [-0.25, -0.2) is 0 Å². The summed E-state index contributed by atoms with van der Waals surface area (Å²) in [6.07, 6.45) is 4.02. The van der Waals surface area contributed by atoms with Crippen molar-refractivity contribution in [2.45, 2.75) is 56.3 Å². The molecule has 1 amide bonds. The van der Waals surface area contributed by atoms with E-state index in [-0.39, 0.29) is 11.2 Å². The van der Waals surface area contributed by atoms with Crippen LogP contribution in [0.5, 0.6) is 0 Å². The van der Waals surface area contributed by atoms with Gasteiger partial charge in [0.15, 0.2) is 0 Å². The molecule has 1 aliphatic rings. The molecule has 144 valence electrons. The Morgan fingerprint density at radius 2 is 1.63 bits per heavy atom. The van der Waals surface area contributed by atoms with Crippen LogP contribution >= 0.6 is 11.8 Å². The van der Waals surface area contributed by atoms with Crippen molar-refractivity contribution >= 4 is 17.7 Å². The van der Waals surface area contributed by atoms with Gasteiger partial charge >= 0.3 is 0 Å². The van der Waals surface area contributed by atoms with E-state index >= 15 is 0 Å². The van der Waals surface area contributed by atoms with E-state index in [1.165, 1.54) is 43.5 Å². The minimum Gasteiger partial charge on any atom is -0.351 e. The number of nitrogens with zero attached hydrogens (tertiary/aromatic N) is 1. The molecule has 0 aromatic heterocycles. The van der Waals surface area contributed by atoms with Crippen LogP contribution in [0.1, 0.15) is 42.9 Å². The van der Waals surface area contributed by atoms with Crippen molar-refractivity contribution in [2.75, 3.05) is 13.1 Å². The smallest absolute Gasteiger partial charge is 0.233 e. The van der Waals surface area contributed by atoms with Gasteiger partial charge in [-0.05, 0) is 63.0 Å². The highest BCUT2D eigenvalue weighted by Gasteiger charge is 2.14. The minimum atomic E-state index is -0.105. The van der Waals surface area contributed by atoms with E-state index in [0.717, 1.165) is 17.0 Å². The third kappa shape index (κ3) is 6.40. The molecule has 0 aliphatic carbocycles. The van der Waals surface area contributed by atoms with Crippen LogP contribution < -0.4 is 5.32 Å². The number of piperidine rings is 1. The van der Waals surface area contributed by atoms with Gasteiger partial charge in [-0.15, -0.1) is 11.8 Å². The average Bonchev–Trinajstić information content (AvgIpc) is 2.69. The van der Waals surface area contributed by atoms with E-state index in [9.17, 15) is 4.79 Å². The van der Waals surface area contributed by atoms with Crippen molar-refractivity contribution in [1.82, 2.24) is 10.2 Å². The number of hydrogen-bond donors (Lipinski definition) is 1. The SMILES string of the molecule is Cc1ccc(S[C@H](C)C(=O)NCc2ccc(CN3CCCCC3)cc2)cc1. The molecule has 0 unspecified atom stereocenters. The third-order valence-corrected chi connectivity index (χ3v) is 6.16. The average molecular weight is 383 g/mol. The van der Waals surface area contributed by atoms with E-state index in [1.54, 1.807) is 11.8 Å². The van der Waals surface area contributed by atoms with Crippen LogP contribution in [0.2, 0.25) is 0 Å². The van der Waals surface area contributed by atoms with Gasteiger partial charge in [0.05, 0.1) is 5.25 Å². The van der Waals surface area contributed by atoms with Gasteiger partial charge in [0.2, 0.25) is 5.91 Å². The molecule has 1 saturated heterocycles. The van der Waals surface area contributed by atoms with E-state index in [1.807, 2.05) is 6.92 Å². The largest absolute Gasteiger partial charge is 0.351 e. The molecule has 1 atom stereocenters. The van der Waals surface area contributed by atoms with Gasteiger partial charge in [-0.2, -0.15) is 0 Å². The van der Waals surface area contributed by atoms with Gasteiger partial charge in [0, 0.05) is 18.0 Å². The van der Waals surface area contributed by atoms with Crippen molar-refractivity contribution in [3.8, 4) is 0 Å². The fourth-order valence-corrected chi connectivity index (χ4v) is 4.24. The van der Waals surface area contributed by atoms with Crippen LogP contribution in [-0.4, -0.2) is 29.1 Å². The Bertz CT molecular complexity index is 721. The quantitative estimate of drug-likeness (QED) is 0.700. The van der Waals surface area contributed by atoms with Gasteiger partial charge in [-0.3, -0.25) is 9.69 Å². The third-order valence-electron chi connectivity index (χ3n) is 5.05. The monoisotopic (exact) mass is 382 g/mol. The zero-order chi connectivity index (χ0) is 19.1. The zero-order valence-corrected chi connectivity index (χ0v) is 17.2. The van der Waals surface area contributed by atoms with Crippen molar-refractivity contribution in [1.29, 1.82) is 0 Å². The van der Waals surface area contributed by atoms with Crippen LogP contribution in [0.15, 0.2) is 53.4 Å². The topological polar surface area (TPSA) is 32.3 Å². The molecule has 1 N–H and O–H groups in total. The number of amides is 1. The number of rotatable bonds is 7. The number of aryl methyl sites for hydroxylation is 1. The Kier molecular flexibility index (Phi) is 7.36. The summed E-state index contributed by atoms with van der Waals surface area (Å²) in [6, 6.07) is 17.0. The van der Waals surface area contributed by atoms with E-state index < -0.39 is 0 Å². The lowest BCUT2D eigenvalue weighted by Crippen LogP contribution is -2.30. The second kappa shape index (κ2) is 9.95. The Labute approximate surface area is 167 Å². The Morgan fingerprint density at radius 1 is 1.00 bits per heavy atom. The van der Waals surface area contributed by atoms with Gasteiger partial charge in [0.1, 0.15) is 0 Å². The number of hydrogen-bond acceptors (Lipinski definition) is 3. The van der Waals surface area contributed by atoms with Crippen LogP contribution in [0.25, 0.3) is 0 Å². The molecular formula is C23H30N2OS. The zero-order valence-electron chi connectivity index (χ0n) is 16.4. The summed E-state index contributed by atoms with van der Waals surface area (Å²) < 4.78 is 0. The summed E-state index contributed by atoms with van der Waals surface area (Å²) in [6.45, 7) is 8.09. The van der Waals surface area contributed by atoms with Gasteiger partial charge < -0.3 is 5.32 Å². The molecule has 27 heavy (non-hydrogen) atoms. The first-order chi connectivity index (χ1) is 13.1. The van der Waals surface area contributed by atoms with E-state index in [2.05, 4.69) is 65.7 Å². The maximum absolute atomic E-state index is 12.4. The highest BCUT2D eigenvalue weighted by Crippen LogP contribution is 2.23. The van der Waals surface area contributed by atoms with Gasteiger partial charge in [-0.1, -0.05) is 48.4 Å². The van der Waals surface area contributed by atoms with E-state index in [0.29, 0.717) is 6.54 Å². The maximum atomic E-state index is 12.4. The maximum Gasteiger partial charge on any atom is 0.233 e. The summed E-state index contributed by atoms with van der Waals surface area (Å²) in [5.41, 5.74) is 3.74. The highest BCUT2D eigenvalue weighted by molar-refractivity contribution is 8.00.